The lowest BCUT2D eigenvalue weighted by atomic mass is 10.1. The van der Waals surface area contributed by atoms with E-state index in [9.17, 15) is 4.79 Å². The van der Waals surface area contributed by atoms with Gasteiger partial charge >= 0.3 is 6.09 Å². The van der Waals surface area contributed by atoms with Crippen LogP contribution in [-0.4, -0.2) is 65.2 Å². The number of pyridine rings is 2. The summed E-state index contributed by atoms with van der Waals surface area (Å²) in [6.45, 7) is 6.69. The Bertz CT molecular complexity index is 1040. The summed E-state index contributed by atoms with van der Waals surface area (Å²) in [4.78, 5) is 25.5. The van der Waals surface area contributed by atoms with Crippen molar-refractivity contribution in [3.63, 3.8) is 0 Å². The molecule has 1 aliphatic rings. The Morgan fingerprint density at radius 3 is 2.50 bits per heavy atom. The lowest BCUT2D eigenvalue weighted by Crippen LogP contribution is -2.49. The van der Waals surface area contributed by atoms with Gasteiger partial charge in [0.1, 0.15) is 5.75 Å². The number of carbonyl (C=O) groups is 1. The molecule has 3 heterocycles. The molecule has 1 aromatic carbocycles. The quantitative estimate of drug-likeness (QED) is 0.478. The highest BCUT2D eigenvalue weighted by atomic mass is 16.6. The monoisotopic (exact) mass is 460 g/mol. The summed E-state index contributed by atoms with van der Waals surface area (Å²) < 4.78 is 11.2. The zero-order valence-corrected chi connectivity index (χ0v) is 19.7. The Morgan fingerprint density at radius 1 is 0.941 bits per heavy atom. The van der Waals surface area contributed by atoms with Crippen LogP contribution in [-0.2, 0) is 12.8 Å². The first kappa shape index (κ1) is 23.7. The van der Waals surface area contributed by atoms with Crippen LogP contribution >= 0.6 is 0 Å². The maximum atomic E-state index is 12.6. The Kier molecular flexibility index (Phi) is 8.46. The summed E-state index contributed by atoms with van der Waals surface area (Å²) in [6, 6.07) is 19.4. The molecule has 1 saturated heterocycles. The van der Waals surface area contributed by atoms with Gasteiger partial charge in [-0.2, -0.15) is 0 Å². The molecule has 0 spiro atoms. The van der Waals surface area contributed by atoms with Crippen LogP contribution in [0.25, 0.3) is 0 Å². The number of benzene rings is 1. The normalized spacial score (nSPS) is 14.1. The third-order valence-electron chi connectivity index (χ3n) is 5.89. The van der Waals surface area contributed by atoms with Crippen LogP contribution in [0.2, 0.25) is 0 Å². The van der Waals surface area contributed by atoms with Gasteiger partial charge in [-0.05, 0) is 62.2 Å². The van der Waals surface area contributed by atoms with E-state index in [4.69, 9.17) is 9.47 Å². The van der Waals surface area contributed by atoms with Crippen LogP contribution in [0.15, 0.2) is 66.9 Å². The second-order valence-electron chi connectivity index (χ2n) is 8.48. The van der Waals surface area contributed by atoms with E-state index < -0.39 is 0 Å². The number of hydrogen-bond donors (Lipinski definition) is 0. The van der Waals surface area contributed by atoms with Crippen LogP contribution in [0.3, 0.4) is 0 Å². The summed E-state index contributed by atoms with van der Waals surface area (Å²) in [5.74, 6) is 1.18. The minimum Gasteiger partial charge on any atom is -0.477 e. The number of carbonyl (C=O) groups excluding carboxylic acids is 1. The van der Waals surface area contributed by atoms with E-state index >= 15 is 0 Å². The predicted octanol–water partition coefficient (Wildman–Crippen LogP) is 4.16. The molecule has 1 aliphatic heterocycles. The van der Waals surface area contributed by atoms with Crippen molar-refractivity contribution in [3.8, 4) is 11.6 Å². The molecule has 7 heteroatoms. The minimum absolute atomic E-state index is 0.283. The first-order chi connectivity index (χ1) is 16.7. The van der Waals surface area contributed by atoms with E-state index in [-0.39, 0.29) is 6.09 Å². The molecule has 0 bridgehead atoms. The number of nitrogens with zero attached hydrogens (tertiary/aromatic N) is 4. The van der Waals surface area contributed by atoms with Crippen molar-refractivity contribution in [2.45, 2.75) is 26.2 Å². The minimum atomic E-state index is -0.283. The van der Waals surface area contributed by atoms with Crippen LogP contribution in [0.5, 0.6) is 11.6 Å². The SMILES string of the molecule is Cc1cccc(CCCN2CCN(C(=O)Oc3ccc(CCOc4ccccn4)cc3)CC2)n1. The largest absolute Gasteiger partial charge is 0.477 e. The predicted molar refractivity (Wildman–Crippen MR) is 131 cm³/mol. The molecule has 0 N–H and O–H groups in total. The van der Waals surface area contributed by atoms with Gasteiger partial charge in [0.15, 0.2) is 0 Å². The molecule has 4 rings (SSSR count). The van der Waals surface area contributed by atoms with Crippen LogP contribution < -0.4 is 9.47 Å². The van der Waals surface area contributed by atoms with E-state index in [0.29, 0.717) is 31.3 Å². The van der Waals surface area contributed by atoms with Gasteiger partial charge in [0.2, 0.25) is 5.88 Å². The highest BCUT2D eigenvalue weighted by molar-refractivity contribution is 5.70. The lowest BCUT2D eigenvalue weighted by Gasteiger charge is -2.34. The van der Waals surface area contributed by atoms with Crippen LogP contribution in [0.1, 0.15) is 23.4 Å². The van der Waals surface area contributed by atoms with Crippen molar-refractivity contribution in [1.82, 2.24) is 19.8 Å². The Balaban J connectivity index is 1.14. The summed E-state index contributed by atoms with van der Waals surface area (Å²) in [7, 11) is 0. The third kappa shape index (κ3) is 7.28. The van der Waals surface area contributed by atoms with Gasteiger partial charge in [-0.3, -0.25) is 9.88 Å². The number of piperazine rings is 1. The number of hydrogen-bond acceptors (Lipinski definition) is 6. The van der Waals surface area contributed by atoms with Gasteiger partial charge in [0.25, 0.3) is 0 Å². The van der Waals surface area contributed by atoms with E-state index in [1.54, 1.807) is 11.1 Å². The summed E-state index contributed by atoms with van der Waals surface area (Å²) in [5.41, 5.74) is 3.33. The molecule has 7 nitrogen and oxygen atoms in total. The molecule has 0 unspecified atom stereocenters. The van der Waals surface area contributed by atoms with Crippen molar-refractivity contribution >= 4 is 6.09 Å². The van der Waals surface area contributed by atoms with E-state index in [0.717, 1.165) is 55.8 Å². The fourth-order valence-electron chi connectivity index (χ4n) is 3.97. The molecule has 0 radical (unpaired) electrons. The zero-order valence-electron chi connectivity index (χ0n) is 19.7. The van der Waals surface area contributed by atoms with Gasteiger partial charge in [-0.1, -0.05) is 24.3 Å². The first-order valence-corrected chi connectivity index (χ1v) is 11.9. The molecular formula is C27H32N4O3. The maximum absolute atomic E-state index is 12.6. The number of ether oxygens (including phenoxy) is 2. The van der Waals surface area contributed by atoms with E-state index in [1.807, 2.05) is 55.5 Å². The molecule has 0 saturated carbocycles. The summed E-state index contributed by atoms with van der Waals surface area (Å²) >= 11 is 0. The molecule has 1 amide bonds. The lowest BCUT2D eigenvalue weighted by molar-refractivity contribution is 0.110. The molecule has 178 valence electrons. The smallest absolute Gasteiger partial charge is 0.415 e. The van der Waals surface area contributed by atoms with Crippen LogP contribution in [0, 0.1) is 6.92 Å². The van der Waals surface area contributed by atoms with Crippen molar-refractivity contribution in [1.29, 1.82) is 0 Å². The average Bonchev–Trinajstić information content (AvgIpc) is 2.86. The van der Waals surface area contributed by atoms with Crippen molar-refractivity contribution < 1.29 is 14.3 Å². The highest BCUT2D eigenvalue weighted by Crippen LogP contribution is 2.15. The average molecular weight is 461 g/mol. The van der Waals surface area contributed by atoms with Gasteiger partial charge in [0, 0.05) is 56.3 Å². The molecule has 0 atom stereocenters. The standard InChI is InChI=1S/C27H32N4O3/c1-22-6-4-7-24(29-22)8-5-16-30-17-19-31(20-18-30)27(32)34-25-12-10-23(11-13-25)14-21-33-26-9-2-3-15-28-26/h2-4,6-7,9-13,15H,5,8,14,16-21H2,1H3. The second kappa shape index (κ2) is 12.1. The van der Waals surface area contributed by atoms with Gasteiger partial charge in [0.05, 0.1) is 6.61 Å². The molecule has 3 aromatic rings. The fraction of sp³-hybridized carbons (Fsp3) is 0.370. The highest BCUT2D eigenvalue weighted by Gasteiger charge is 2.22. The summed E-state index contributed by atoms with van der Waals surface area (Å²) in [6.07, 6.45) is 4.24. The summed E-state index contributed by atoms with van der Waals surface area (Å²) in [5, 5.41) is 0. The molecule has 34 heavy (non-hydrogen) atoms. The van der Waals surface area contributed by atoms with E-state index in [2.05, 4.69) is 27.0 Å². The van der Waals surface area contributed by atoms with Crippen molar-refractivity contribution in [2.75, 3.05) is 39.3 Å². The van der Waals surface area contributed by atoms with Gasteiger partial charge in [-0.25, -0.2) is 9.78 Å². The number of aryl methyl sites for hydroxylation is 2. The Labute approximate surface area is 201 Å². The molecule has 0 aliphatic carbocycles. The number of rotatable bonds is 9. The van der Waals surface area contributed by atoms with Crippen molar-refractivity contribution in [2.24, 2.45) is 0 Å². The fourth-order valence-corrected chi connectivity index (χ4v) is 3.97. The van der Waals surface area contributed by atoms with Gasteiger partial charge < -0.3 is 14.4 Å². The van der Waals surface area contributed by atoms with Gasteiger partial charge in [-0.15, -0.1) is 0 Å². The Hall–Kier alpha value is -3.45. The number of amides is 1. The molecule has 2 aromatic heterocycles. The van der Waals surface area contributed by atoms with Crippen molar-refractivity contribution in [3.05, 3.63) is 83.8 Å². The second-order valence-corrected chi connectivity index (χ2v) is 8.48. The third-order valence-corrected chi connectivity index (χ3v) is 5.89. The Morgan fingerprint density at radius 2 is 1.76 bits per heavy atom. The molecule has 1 fully saturated rings. The van der Waals surface area contributed by atoms with Crippen LogP contribution in [0.4, 0.5) is 4.79 Å². The topological polar surface area (TPSA) is 67.8 Å². The molecular weight excluding hydrogens is 428 g/mol. The number of aromatic nitrogens is 2. The van der Waals surface area contributed by atoms with E-state index in [1.165, 1.54) is 0 Å². The zero-order chi connectivity index (χ0) is 23.6. The maximum Gasteiger partial charge on any atom is 0.415 e. The first-order valence-electron chi connectivity index (χ1n) is 11.9.